The average Bonchev–Trinajstić information content (AvgIpc) is 3.47. The second-order valence-electron chi connectivity index (χ2n) is 8.29. The number of thiophene rings is 1. The van der Waals surface area contributed by atoms with E-state index in [4.69, 9.17) is 4.74 Å². The Morgan fingerprint density at radius 2 is 1.88 bits per heavy atom. The highest BCUT2D eigenvalue weighted by Crippen LogP contribution is 2.47. The fraction of sp³-hybridized carbons (Fsp3) is 0.280. The number of rotatable bonds is 6. The van der Waals surface area contributed by atoms with Crippen LogP contribution in [0.15, 0.2) is 48.5 Å². The van der Waals surface area contributed by atoms with Gasteiger partial charge in [0.25, 0.3) is 5.91 Å². The van der Waals surface area contributed by atoms with Crippen LogP contribution in [0.2, 0.25) is 0 Å². The van der Waals surface area contributed by atoms with Crippen molar-refractivity contribution in [3.63, 3.8) is 0 Å². The molecule has 1 aliphatic heterocycles. The molecule has 1 aromatic heterocycles. The molecule has 0 spiro atoms. The number of hydrogen-bond acceptors (Lipinski definition) is 4. The molecule has 0 radical (unpaired) electrons. The van der Waals surface area contributed by atoms with Crippen molar-refractivity contribution < 1.29 is 23.8 Å². The summed E-state index contributed by atoms with van der Waals surface area (Å²) in [5.41, 5.74) is 2.82. The first kappa shape index (κ1) is 20.8. The fourth-order valence-electron chi connectivity index (χ4n) is 4.42. The maximum atomic E-state index is 13.6. The predicted molar refractivity (Wildman–Crippen MR) is 119 cm³/mol. The Labute approximate surface area is 188 Å². The van der Waals surface area contributed by atoms with Crippen LogP contribution in [0.4, 0.5) is 4.39 Å². The molecule has 0 unspecified atom stereocenters. The summed E-state index contributed by atoms with van der Waals surface area (Å²) >= 11 is 1.57. The monoisotopic (exact) mass is 451 g/mol. The van der Waals surface area contributed by atoms with Crippen molar-refractivity contribution >= 4 is 23.2 Å². The van der Waals surface area contributed by atoms with Gasteiger partial charge in [-0.25, -0.2) is 9.18 Å². The van der Waals surface area contributed by atoms with E-state index in [1.807, 2.05) is 0 Å². The van der Waals surface area contributed by atoms with Crippen LogP contribution in [-0.2, 0) is 29.7 Å². The largest absolute Gasteiger partial charge is 0.478 e. The van der Waals surface area contributed by atoms with Gasteiger partial charge in [-0.3, -0.25) is 4.79 Å². The SMILES string of the molecule is O=C(O)c1ccccc1C1(NC(=O)c2c(Cc3ccc(F)cc3)sc3c2CCOC3)CC1. The van der Waals surface area contributed by atoms with Crippen molar-refractivity contribution in [2.45, 2.75) is 37.8 Å². The van der Waals surface area contributed by atoms with Crippen LogP contribution in [0.3, 0.4) is 0 Å². The highest BCUT2D eigenvalue weighted by Gasteiger charge is 2.48. The van der Waals surface area contributed by atoms with Gasteiger partial charge in [-0.05, 0) is 54.2 Å². The van der Waals surface area contributed by atoms with Crippen molar-refractivity contribution in [1.82, 2.24) is 5.32 Å². The summed E-state index contributed by atoms with van der Waals surface area (Å²) in [6, 6.07) is 13.2. The van der Waals surface area contributed by atoms with E-state index in [1.54, 1.807) is 47.7 Å². The molecule has 1 amide bonds. The topological polar surface area (TPSA) is 75.6 Å². The van der Waals surface area contributed by atoms with Gasteiger partial charge in [0.2, 0.25) is 0 Å². The Kier molecular flexibility index (Phi) is 5.31. The molecule has 1 saturated carbocycles. The Morgan fingerprint density at radius 1 is 1.12 bits per heavy atom. The molecule has 1 aliphatic carbocycles. The standard InChI is InChI=1S/C25H22FNO4S/c26-16-7-5-15(6-8-16)13-20-22(18-9-12-31-14-21(18)32-20)23(28)27-25(10-11-25)19-4-2-1-3-17(19)24(29)30/h1-8H,9-14H2,(H,27,28)(H,29,30). The molecule has 32 heavy (non-hydrogen) atoms. The highest BCUT2D eigenvalue weighted by atomic mass is 32.1. The molecule has 5 rings (SSSR count). The molecule has 3 aromatic rings. The predicted octanol–water partition coefficient (Wildman–Crippen LogP) is 4.67. The number of carboxylic acid groups (broad SMARTS) is 1. The lowest BCUT2D eigenvalue weighted by Crippen LogP contribution is -2.37. The van der Waals surface area contributed by atoms with E-state index in [0.29, 0.717) is 50.0 Å². The van der Waals surface area contributed by atoms with Gasteiger partial charge in [-0.15, -0.1) is 11.3 Å². The lowest BCUT2D eigenvalue weighted by Gasteiger charge is -2.21. The number of hydrogen-bond donors (Lipinski definition) is 2. The summed E-state index contributed by atoms with van der Waals surface area (Å²) < 4.78 is 18.9. The first-order valence-electron chi connectivity index (χ1n) is 10.6. The fourth-order valence-corrected chi connectivity index (χ4v) is 5.74. The van der Waals surface area contributed by atoms with Crippen LogP contribution in [0.25, 0.3) is 0 Å². The maximum Gasteiger partial charge on any atom is 0.336 e. The second kappa shape index (κ2) is 8.15. The average molecular weight is 452 g/mol. The normalized spacial score (nSPS) is 16.3. The van der Waals surface area contributed by atoms with Crippen LogP contribution in [0, 0.1) is 5.82 Å². The third-order valence-electron chi connectivity index (χ3n) is 6.17. The van der Waals surface area contributed by atoms with E-state index >= 15 is 0 Å². The van der Waals surface area contributed by atoms with Crippen LogP contribution in [-0.4, -0.2) is 23.6 Å². The number of carbonyl (C=O) groups excluding carboxylic acids is 1. The number of carbonyl (C=O) groups is 2. The number of aromatic carboxylic acids is 1. The summed E-state index contributed by atoms with van der Waals surface area (Å²) in [7, 11) is 0. The lowest BCUT2D eigenvalue weighted by atomic mass is 9.96. The van der Waals surface area contributed by atoms with Gasteiger partial charge in [0.1, 0.15) is 5.82 Å². The summed E-state index contributed by atoms with van der Waals surface area (Å²) in [6.45, 7) is 1.05. The zero-order valence-corrected chi connectivity index (χ0v) is 18.1. The van der Waals surface area contributed by atoms with E-state index in [2.05, 4.69) is 5.32 Å². The van der Waals surface area contributed by atoms with E-state index in [9.17, 15) is 19.1 Å². The first-order valence-corrected chi connectivity index (χ1v) is 11.4. The van der Waals surface area contributed by atoms with Gasteiger partial charge >= 0.3 is 5.97 Å². The highest BCUT2D eigenvalue weighted by molar-refractivity contribution is 7.12. The van der Waals surface area contributed by atoms with Crippen molar-refractivity contribution in [3.05, 3.63) is 91.9 Å². The molecule has 1 fully saturated rings. The van der Waals surface area contributed by atoms with Crippen molar-refractivity contribution in [3.8, 4) is 0 Å². The van der Waals surface area contributed by atoms with E-state index in [1.165, 1.54) is 12.1 Å². The minimum atomic E-state index is -0.997. The Morgan fingerprint density at radius 3 is 2.59 bits per heavy atom. The molecule has 2 aliphatic rings. The van der Waals surface area contributed by atoms with Gasteiger partial charge in [0, 0.05) is 16.2 Å². The zero-order chi connectivity index (χ0) is 22.3. The number of benzene rings is 2. The smallest absolute Gasteiger partial charge is 0.336 e. The molecule has 2 aromatic carbocycles. The first-order chi connectivity index (χ1) is 15.5. The van der Waals surface area contributed by atoms with Crippen LogP contribution in [0.5, 0.6) is 0 Å². The Bertz CT molecular complexity index is 1200. The number of nitrogens with one attached hydrogen (secondary N) is 1. The van der Waals surface area contributed by atoms with Crippen molar-refractivity contribution in [1.29, 1.82) is 0 Å². The van der Waals surface area contributed by atoms with Crippen LogP contribution in [0.1, 0.15) is 60.0 Å². The van der Waals surface area contributed by atoms with Gasteiger partial charge < -0.3 is 15.2 Å². The van der Waals surface area contributed by atoms with Gasteiger partial charge in [0.05, 0.1) is 29.9 Å². The minimum Gasteiger partial charge on any atom is -0.478 e. The van der Waals surface area contributed by atoms with Crippen molar-refractivity contribution in [2.24, 2.45) is 0 Å². The zero-order valence-electron chi connectivity index (χ0n) is 17.3. The summed E-state index contributed by atoms with van der Waals surface area (Å²) in [5.74, 6) is -1.47. The number of amides is 1. The maximum absolute atomic E-state index is 13.6. The van der Waals surface area contributed by atoms with Gasteiger partial charge in [0.15, 0.2) is 0 Å². The quantitative estimate of drug-likeness (QED) is 0.571. The second-order valence-corrected chi connectivity index (χ2v) is 9.48. The number of carboxylic acids is 1. The molecule has 2 N–H and O–H groups in total. The molecular weight excluding hydrogens is 429 g/mol. The minimum absolute atomic E-state index is 0.181. The molecule has 5 nitrogen and oxygen atoms in total. The van der Waals surface area contributed by atoms with Gasteiger partial charge in [-0.2, -0.15) is 0 Å². The van der Waals surface area contributed by atoms with Gasteiger partial charge in [-0.1, -0.05) is 30.3 Å². The van der Waals surface area contributed by atoms with E-state index in [0.717, 1.165) is 20.9 Å². The third kappa shape index (κ3) is 3.82. The number of ether oxygens (including phenoxy) is 1. The molecule has 7 heteroatoms. The number of halogens is 1. The van der Waals surface area contributed by atoms with E-state index < -0.39 is 11.5 Å². The summed E-state index contributed by atoms with van der Waals surface area (Å²) in [4.78, 5) is 27.3. The molecule has 0 saturated heterocycles. The summed E-state index contributed by atoms with van der Waals surface area (Å²) in [5, 5.41) is 12.8. The Hall–Kier alpha value is -3.03. The molecular formula is C25H22FNO4S. The Balaban J connectivity index is 1.49. The molecule has 2 heterocycles. The van der Waals surface area contributed by atoms with E-state index in [-0.39, 0.29) is 17.3 Å². The molecule has 164 valence electrons. The number of fused-ring (bicyclic) bond motifs is 1. The third-order valence-corrected chi connectivity index (χ3v) is 7.38. The van der Waals surface area contributed by atoms with Crippen molar-refractivity contribution in [2.75, 3.05) is 6.61 Å². The molecule has 0 atom stereocenters. The van der Waals surface area contributed by atoms with Crippen LogP contribution >= 0.6 is 11.3 Å². The lowest BCUT2D eigenvalue weighted by molar-refractivity contribution is 0.0692. The van der Waals surface area contributed by atoms with Crippen LogP contribution < -0.4 is 5.32 Å². The molecule has 0 bridgehead atoms. The summed E-state index contributed by atoms with van der Waals surface area (Å²) in [6.07, 6.45) is 2.59.